The Hall–Kier alpha value is -2.21. The van der Waals surface area contributed by atoms with Crippen LogP contribution in [0.15, 0.2) is 30.3 Å². The molecule has 1 aromatic heterocycles. The van der Waals surface area contributed by atoms with Gasteiger partial charge in [0.2, 0.25) is 0 Å². The van der Waals surface area contributed by atoms with Crippen molar-refractivity contribution in [2.24, 2.45) is 5.92 Å². The van der Waals surface area contributed by atoms with Gasteiger partial charge in [0, 0.05) is 18.7 Å². The van der Waals surface area contributed by atoms with Gasteiger partial charge < -0.3 is 10.0 Å². The van der Waals surface area contributed by atoms with Gasteiger partial charge in [-0.05, 0) is 42.7 Å². The first-order chi connectivity index (χ1) is 10.5. The Labute approximate surface area is 127 Å². The van der Waals surface area contributed by atoms with Gasteiger partial charge in [0.1, 0.15) is 11.5 Å². The van der Waals surface area contributed by atoms with E-state index in [1.54, 1.807) is 23.1 Å². The molecule has 2 aromatic rings. The quantitative estimate of drug-likeness (QED) is 0.892. The zero-order chi connectivity index (χ0) is 15.7. The summed E-state index contributed by atoms with van der Waals surface area (Å²) in [5, 5.41) is 16.7. The first kappa shape index (κ1) is 14.7. The van der Waals surface area contributed by atoms with E-state index in [4.69, 9.17) is 0 Å². The van der Waals surface area contributed by atoms with Crippen LogP contribution in [0.5, 0.6) is 0 Å². The highest BCUT2D eigenvalue weighted by atomic mass is 19.1. The summed E-state index contributed by atoms with van der Waals surface area (Å²) in [6.07, 6.45) is 0.295. The van der Waals surface area contributed by atoms with E-state index in [9.17, 15) is 14.3 Å². The van der Waals surface area contributed by atoms with E-state index >= 15 is 0 Å². The zero-order valence-electron chi connectivity index (χ0n) is 12.3. The van der Waals surface area contributed by atoms with Crippen LogP contribution in [-0.4, -0.2) is 45.3 Å². The highest BCUT2D eigenvalue weighted by Crippen LogP contribution is 2.21. The number of aromatic nitrogens is 2. The Morgan fingerprint density at radius 1 is 1.41 bits per heavy atom. The number of amides is 1. The Balaban J connectivity index is 1.76. The lowest BCUT2D eigenvalue weighted by Gasteiger charge is -2.33. The Bertz CT molecular complexity index is 668. The number of hydrogen-bond donors (Lipinski definition) is 2. The summed E-state index contributed by atoms with van der Waals surface area (Å²) in [7, 11) is 0. The van der Waals surface area contributed by atoms with Crippen LogP contribution in [0.1, 0.15) is 23.8 Å². The number of hydrogen-bond acceptors (Lipinski definition) is 3. The van der Waals surface area contributed by atoms with Crippen LogP contribution < -0.4 is 0 Å². The molecule has 0 radical (unpaired) electrons. The molecule has 6 heteroatoms. The van der Waals surface area contributed by atoms with Crippen molar-refractivity contribution in [3.8, 4) is 11.3 Å². The number of aliphatic hydroxyl groups is 1. The van der Waals surface area contributed by atoms with Crippen molar-refractivity contribution in [2.75, 3.05) is 13.1 Å². The minimum absolute atomic E-state index is 0.174. The lowest BCUT2D eigenvalue weighted by molar-refractivity contribution is 0.0245. The predicted octanol–water partition coefficient (Wildman–Crippen LogP) is 2.06. The van der Waals surface area contributed by atoms with Gasteiger partial charge >= 0.3 is 0 Å². The Morgan fingerprint density at radius 2 is 2.14 bits per heavy atom. The molecule has 2 unspecified atom stereocenters. The van der Waals surface area contributed by atoms with Crippen molar-refractivity contribution in [2.45, 2.75) is 19.4 Å². The lowest BCUT2D eigenvalue weighted by atomic mass is 9.96. The fraction of sp³-hybridized carbons (Fsp3) is 0.375. The molecule has 0 saturated carbocycles. The molecule has 5 nitrogen and oxygen atoms in total. The number of benzene rings is 1. The van der Waals surface area contributed by atoms with Crippen LogP contribution in [0.4, 0.5) is 4.39 Å². The largest absolute Gasteiger partial charge is 0.391 e. The summed E-state index contributed by atoms with van der Waals surface area (Å²) in [5.41, 5.74) is 1.71. The van der Waals surface area contributed by atoms with Crippen molar-refractivity contribution in [1.29, 1.82) is 0 Å². The van der Waals surface area contributed by atoms with Crippen molar-refractivity contribution in [3.05, 3.63) is 41.8 Å². The highest BCUT2D eigenvalue weighted by molar-refractivity contribution is 5.93. The molecule has 1 fully saturated rings. The van der Waals surface area contributed by atoms with Crippen LogP contribution in [0.3, 0.4) is 0 Å². The number of piperidine rings is 1. The minimum Gasteiger partial charge on any atom is -0.391 e. The Morgan fingerprint density at radius 3 is 2.82 bits per heavy atom. The van der Waals surface area contributed by atoms with Gasteiger partial charge in [-0.3, -0.25) is 9.89 Å². The van der Waals surface area contributed by atoms with E-state index in [1.807, 2.05) is 6.92 Å². The van der Waals surface area contributed by atoms with Crippen molar-refractivity contribution >= 4 is 5.91 Å². The number of carbonyl (C=O) groups is 1. The topological polar surface area (TPSA) is 69.2 Å². The molecule has 2 atom stereocenters. The molecular weight excluding hydrogens is 285 g/mol. The fourth-order valence-electron chi connectivity index (χ4n) is 2.60. The first-order valence-electron chi connectivity index (χ1n) is 7.33. The van der Waals surface area contributed by atoms with Gasteiger partial charge in [0.25, 0.3) is 5.91 Å². The Kier molecular flexibility index (Phi) is 3.94. The molecule has 0 aliphatic carbocycles. The summed E-state index contributed by atoms with van der Waals surface area (Å²) in [6, 6.07) is 7.60. The molecule has 0 bridgehead atoms. The maximum absolute atomic E-state index is 12.9. The number of nitrogens with one attached hydrogen (secondary N) is 1. The van der Waals surface area contributed by atoms with Crippen LogP contribution in [0.25, 0.3) is 11.3 Å². The first-order valence-corrected chi connectivity index (χ1v) is 7.33. The maximum atomic E-state index is 12.9. The number of aromatic amines is 1. The molecule has 2 N–H and O–H groups in total. The number of halogens is 1. The fourth-order valence-corrected chi connectivity index (χ4v) is 2.60. The predicted molar refractivity (Wildman–Crippen MR) is 79.7 cm³/mol. The average molecular weight is 303 g/mol. The van der Waals surface area contributed by atoms with E-state index in [-0.39, 0.29) is 17.6 Å². The zero-order valence-corrected chi connectivity index (χ0v) is 12.3. The van der Waals surface area contributed by atoms with E-state index in [1.165, 1.54) is 12.1 Å². The monoisotopic (exact) mass is 303 g/mol. The van der Waals surface area contributed by atoms with E-state index < -0.39 is 6.10 Å². The average Bonchev–Trinajstić information content (AvgIpc) is 3.00. The standard InChI is InChI=1S/C16H18FN3O2/c1-10-6-7-20(9-15(10)21)16(22)14-8-13(18-19-14)11-2-4-12(17)5-3-11/h2-5,8,10,15,21H,6-7,9H2,1H3,(H,18,19). The molecular formula is C16H18FN3O2. The highest BCUT2D eigenvalue weighted by Gasteiger charge is 2.28. The molecule has 1 amide bonds. The molecule has 116 valence electrons. The van der Waals surface area contributed by atoms with Crippen LogP contribution in [0.2, 0.25) is 0 Å². The number of rotatable bonds is 2. The summed E-state index contributed by atoms with van der Waals surface area (Å²) < 4.78 is 12.9. The second-order valence-corrected chi connectivity index (χ2v) is 5.76. The van der Waals surface area contributed by atoms with E-state index in [2.05, 4.69) is 10.2 Å². The van der Waals surface area contributed by atoms with Crippen molar-refractivity contribution in [1.82, 2.24) is 15.1 Å². The second kappa shape index (κ2) is 5.88. The molecule has 1 aromatic carbocycles. The smallest absolute Gasteiger partial charge is 0.271 e. The number of carbonyl (C=O) groups excluding carboxylic acids is 1. The minimum atomic E-state index is -0.489. The third-order valence-electron chi connectivity index (χ3n) is 4.15. The van der Waals surface area contributed by atoms with Crippen LogP contribution in [-0.2, 0) is 0 Å². The van der Waals surface area contributed by atoms with Crippen LogP contribution >= 0.6 is 0 Å². The number of nitrogens with zero attached hydrogens (tertiary/aromatic N) is 2. The SMILES string of the molecule is CC1CCN(C(=O)c2cc(-c3ccc(F)cc3)n[nH]2)CC1O. The normalized spacial score (nSPS) is 21.9. The van der Waals surface area contributed by atoms with Gasteiger partial charge in [-0.1, -0.05) is 6.92 Å². The second-order valence-electron chi connectivity index (χ2n) is 5.76. The molecule has 1 saturated heterocycles. The molecule has 2 heterocycles. The maximum Gasteiger partial charge on any atom is 0.271 e. The third kappa shape index (κ3) is 2.87. The lowest BCUT2D eigenvalue weighted by Crippen LogP contribution is -2.45. The third-order valence-corrected chi connectivity index (χ3v) is 4.15. The van der Waals surface area contributed by atoms with Gasteiger partial charge in [-0.15, -0.1) is 0 Å². The van der Waals surface area contributed by atoms with Gasteiger partial charge in [0.15, 0.2) is 0 Å². The number of aliphatic hydroxyl groups excluding tert-OH is 1. The molecule has 1 aliphatic heterocycles. The van der Waals surface area contributed by atoms with E-state index in [0.29, 0.717) is 24.5 Å². The van der Waals surface area contributed by atoms with Gasteiger partial charge in [-0.2, -0.15) is 5.10 Å². The molecule has 1 aliphatic rings. The van der Waals surface area contributed by atoms with E-state index in [0.717, 1.165) is 12.0 Å². The summed E-state index contributed by atoms with van der Waals surface area (Å²) in [4.78, 5) is 14.1. The summed E-state index contributed by atoms with van der Waals surface area (Å²) in [6.45, 7) is 2.95. The van der Waals surface area contributed by atoms with Gasteiger partial charge in [0.05, 0.1) is 11.8 Å². The number of likely N-dealkylation sites (tertiary alicyclic amines) is 1. The van der Waals surface area contributed by atoms with Crippen molar-refractivity contribution in [3.63, 3.8) is 0 Å². The summed E-state index contributed by atoms with van der Waals surface area (Å²) >= 11 is 0. The molecule has 3 rings (SSSR count). The molecule has 0 spiro atoms. The summed E-state index contributed by atoms with van der Waals surface area (Å²) in [5.74, 6) is -0.278. The number of β-amino-alcohol motifs (C(OH)–C–C–N with tert-alkyl or cyclic N) is 1. The number of H-pyrrole nitrogens is 1. The van der Waals surface area contributed by atoms with Crippen LogP contribution in [0, 0.1) is 11.7 Å². The van der Waals surface area contributed by atoms with Gasteiger partial charge in [-0.25, -0.2) is 4.39 Å². The van der Waals surface area contributed by atoms with Crippen molar-refractivity contribution < 1.29 is 14.3 Å². The molecule has 22 heavy (non-hydrogen) atoms.